The van der Waals surface area contributed by atoms with Crippen LogP contribution in [0.1, 0.15) is 0 Å². The first kappa shape index (κ1) is 64.6. The molecular weight excluding hydrogens is 432 g/mol. The van der Waals surface area contributed by atoms with Crippen LogP contribution in [0, 0.1) is 0 Å². The van der Waals surface area contributed by atoms with E-state index in [2.05, 4.69) is 0 Å². The van der Waals surface area contributed by atoms with E-state index in [-0.39, 0.29) is 307 Å². The van der Waals surface area contributed by atoms with E-state index in [4.69, 9.17) is 19.2 Å². The van der Waals surface area contributed by atoms with E-state index >= 15 is 0 Å². The van der Waals surface area contributed by atoms with Gasteiger partial charge in [-0.1, -0.05) is 0 Å². The second-order valence-electron chi connectivity index (χ2n) is 0.513. The minimum absolute atomic E-state index is 0. The molecule has 0 saturated carbocycles. The number of phosphoric acid groups is 1. The summed E-state index contributed by atoms with van der Waals surface area (Å²) in [5.41, 5.74) is 0. The summed E-state index contributed by atoms with van der Waals surface area (Å²) in [7, 11) is -4.64. The van der Waals surface area contributed by atoms with Gasteiger partial charge in [-0.15, -0.1) is 0 Å². The fraction of sp³-hybridized carbons (Fsp3) is 0. The Morgan fingerprint density at radius 2 is 0.571 bits per heavy atom. The molecule has 0 heterocycles. The van der Waals surface area contributed by atoms with Gasteiger partial charge in [0, 0.05) is 0 Å². The van der Waals surface area contributed by atoms with Crippen molar-refractivity contribution < 1.29 is 24.7 Å². The van der Waals surface area contributed by atoms with Crippen molar-refractivity contribution in [3.8, 4) is 0 Å². The van der Waals surface area contributed by atoms with Crippen LogP contribution in [0.15, 0.2) is 0 Å². The molecule has 0 saturated heterocycles. The molecule has 14 heteroatoms. The van der Waals surface area contributed by atoms with Crippen LogP contribution in [0.25, 0.3) is 0 Å². The van der Waals surface area contributed by atoms with Crippen molar-refractivity contribution in [1.29, 1.82) is 0 Å². The Morgan fingerprint density at radius 1 is 0.571 bits per heavy atom. The molecule has 0 spiro atoms. The SMILES string of the molecule is O.O=P(O)(O)O.[CaH2].[CaH2].[CaH2].[CaH2].[CaH2].[CaH2].[CaH2].[CaH2]. The van der Waals surface area contributed by atoms with Gasteiger partial charge in [0.2, 0.25) is 0 Å². The molecule has 0 unspecified atom stereocenters. The molecule has 0 aliphatic carbocycles. The average Bonchev–Trinajstić information content (AvgIpc) is 0.722. The third kappa shape index (κ3) is 96.2. The Bertz CT molecular complexity index is 63.9. The van der Waals surface area contributed by atoms with Crippen molar-refractivity contribution in [3.05, 3.63) is 0 Å². The maximum absolute atomic E-state index is 8.88. The Balaban J connectivity index is -0.00000000222. The van der Waals surface area contributed by atoms with Gasteiger partial charge in [0.25, 0.3) is 0 Å². The third-order valence-corrected chi connectivity index (χ3v) is 0. The molecular formula is H21Ca8O5P. The fourth-order valence-electron chi connectivity index (χ4n) is 0. The van der Waals surface area contributed by atoms with Crippen LogP contribution in [0.2, 0.25) is 0 Å². The Labute approximate surface area is 323 Å². The first-order valence-corrected chi connectivity index (χ1v) is 2.35. The maximum atomic E-state index is 8.88. The predicted octanol–water partition coefficient (Wildman–Crippen LogP) is -9.08. The van der Waals surface area contributed by atoms with Gasteiger partial charge in [-0.05, 0) is 0 Å². The molecule has 0 rings (SSSR count). The standard InChI is InChI=1S/8Ca.H3O4P.H2O.16H/c;;;;;;;;1-5(2,3)4;;;;;;;;;;;;;;;;;/h;;;;;;;;(H3,1,2,3,4);1H2;;;;;;;;;;;;;;;;. The van der Waals surface area contributed by atoms with E-state index in [9.17, 15) is 0 Å². The molecule has 0 aliphatic rings. The Morgan fingerprint density at radius 3 is 0.571 bits per heavy atom. The van der Waals surface area contributed by atoms with Crippen LogP contribution in [-0.2, 0) is 4.57 Å². The van der Waals surface area contributed by atoms with Crippen molar-refractivity contribution >= 4 is 310 Å². The molecule has 5 nitrogen and oxygen atoms in total. The second kappa shape index (κ2) is 43.5. The van der Waals surface area contributed by atoms with E-state index in [1.54, 1.807) is 0 Å². The van der Waals surface area contributed by atoms with E-state index in [1.807, 2.05) is 0 Å². The van der Waals surface area contributed by atoms with Crippen LogP contribution in [0.4, 0.5) is 0 Å². The van der Waals surface area contributed by atoms with Gasteiger partial charge in [0.15, 0.2) is 0 Å². The van der Waals surface area contributed by atoms with Gasteiger partial charge in [-0.2, -0.15) is 0 Å². The summed E-state index contributed by atoms with van der Waals surface area (Å²) in [6.07, 6.45) is 0. The molecule has 0 aromatic rings. The molecule has 14 heavy (non-hydrogen) atoms. The Kier molecular flexibility index (Phi) is 201. The molecule has 0 atom stereocenters. The van der Waals surface area contributed by atoms with E-state index < -0.39 is 7.82 Å². The monoisotopic (exact) mass is 452 g/mol. The summed E-state index contributed by atoms with van der Waals surface area (Å²) in [6, 6.07) is 0. The molecule has 0 fully saturated rings. The van der Waals surface area contributed by atoms with E-state index in [0.717, 1.165) is 0 Å². The minimum atomic E-state index is -4.64. The third-order valence-electron chi connectivity index (χ3n) is 0. The van der Waals surface area contributed by atoms with Crippen molar-refractivity contribution in [2.24, 2.45) is 0 Å². The van der Waals surface area contributed by atoms with Gasteiger partial charge in [0.1, 0.15) is 0 Å². The molecule has 0 radical (unpaired) electrons. The van der Waals surface area contributed by atoms with Gasteiger partial charge < -0.3 is 20.2 Å². The van der Waals surface area contributed by atoms with Gasteiger partial charge in [0.05, 0.1) is 0 Å². The molecule has 5 N–H and O–H groups in total. The van der Waals surface area contributed by atoms with Crippen molar-refractivity contribution in [1.82, 2.24) is 0 Å². The first-order valence-electron chi connectivity index (χ1n) is 0.783. The number of rotatable bonds is 0. The fourth-order valence-corrected chi connectivity index (χ4v) is 0. The van der Waals surface area contributed by atoms with Crippen LogP contribution >= 0.6 is 7.82 Å². The predicted molar refractivity (Wildman–Crippen MR) is 86.2 cm³/mol. The van der Waals surface area contributed by atoms with Crippen molar-refractivity contribution in [2.75, 3.05) is 0 Å². The molecule has 0 bridgehead atoms. The summed E-state index contributed by atoms with van der Waals surface area (Å²) in [4.78, 5) is 21.6. The quantitative estimate of drug-likeness (QED) is 0.250. The first-order chi connectivity index (χ1) is 2.00. The summed E-state index contributed by atoms with van der Waals surface area (Å²) in [6.45, 7) is 0. The molecule has 0 aromatic heterocycles. The second-order valence-corrected chi connectivity index (χ2v) is 1.54. The normalized spacial score (nSPS) is 4.21. The molecule has 0 aromatic carbocycles. The van der Waals surface area contributed by atoms with Crippen LogP contribution in [-0.4, -0.2) is 322 Å². The van der Waals surface area contributed by atoms with Crippen molar-refractivity contribution in [2.45, 2.75) is 0 Å². The van der Waals surface area contributed by atoms with Gasteiger partial charge in [-0.3, -0.25) is 0 Å². The van der Waals surface area contributed by atoms with Crippen molar-refractivity contribution in [3.63, 3.8) is 0 Å². The van der Waals surface area contributed by atoms with E-state index in [1.165, 1.54) is 0 Å². The zero-order valence-corrected chi connectivity index (χ0v) is 3.59. The summed E-state index contributed by atoms with van der Waals surface area (Å²) >= 11 is 0. The molecule has 72 valence electrons. The van der Waals surface area contributed by atoms with Crippen LogP contribution < -0.4 is 0 Å². The molecule has 0 aliphatic heterocycles. The summed E-state index contributed by atoms with van der Waals surface area (Å²) in [5.74, 6) is 0. The van der Waals surface area contributed by atoms with Crippen LogP contribution in [0.3, 0.4) is 0 Å². The number of hydrogen-bond acceptors (Lipinski definition) is 1. The van der Waals surface area contributed by atoms with Crippen LogP contribution in [0.5, 0.6) is 0 Å². The van der Waals surface area contributed by atoms with E-state index in [0.29, 0.717) is 0 Å². The summed E-state index contributed by atoms with van der Waals surface area (Å²) < 4.78 is 8.88. The summed E-state index contributed by atoms with van der Waals surface area (Å²) in [5, 5.41) is 0. The zero-order chi connectivity index (χ0) is 4.50. The zero-order valence-electron chi connectivity index (χ0n) is 2.70. The van der Waals surface area contributed by atoms with Gasteiger partial charge in [-0.25, -0.2) is 4.57 Å². The molecule has 0 amide bonds. The number of hydrogen-bond donors (Lipinski definition) is 3. The topological polar surface area (TPSA) is 109 Å². The average molecular weight is 453 g/mol. The van der Waals surface area contributed by atoms with Gasteiger partial charge >= 0.3 is 310 Å². The Hall–Kier alpha value is 10.1.